The number of anilines is 1. The van der Waals surface area contributed by atoms with Crippen molar-refractivity contribution in [2.45, 2.75) is 40.2 Å². The van der Waals surface area contributed by atoms with Gasteiger partial charge in [0.05, 0.1) is 6.54 Å². The predicted octanol–water partition coefficient (Wildman–Crippen LogP) is 4.75. The van der Waals surface area contributed by atoms with Gasteiger partial charge in [-0.25, -0.2) is 0 Å². The van der Waals surface area contributed by atoms with Crippen LogP contribution in [0, 0.1) is 13.8 Å². The van der Waals surface area contributed by atoms with Gasteiger partial charge < -0.3 is 10.1 Å². The average Bonchev–Trinajstić information content (AvgIpc) is 2.49. The SMILES string of the molecule is CCc1ccc(O[C@H](C)CNc2cc(C)ccc2C)cc1. The van der Waals surface area contributed by atoms with Crippen molar-refractivity contribution in [2.75, 3.05) is 11.9 Å². The highest BCUT2D eigenvalue weighted by atomic mass is 16.5. The summed E-state index contributed by atoms with van der Waals surface area (Å²) in [7, 11) is 0. The molecule has 0 fully saturated rings. The van der Waals surface area contributed by atoms with Crippen LogP contribution in [0.15, 0.2) is 42.5 Å². The van der Waals surface area contributed by atoms with Crippen molar-refractivity contribution in [1.29, 1.82) is 0 Å². The van der Waals surface area contributed by atoms with E-state index in [-0.39, 0.29) is 6.10 Å². The molecule has 1 atom stereocenters. The largest absolute Gasteiger partial charge is 0.489 e. The zero-order valence-corrected chi connectivity index (χ0v) is 13.4. The van der Waals surface area contributed by atoms with Gasteiger partial charge in [0.25, 0.3) is 0 Å². The Kier molecular flexibility index (Phi) is 5.26. The molecule has 0 aliphatic heterocycles. The topological polar surface area (TPSA) is 21.3 Å². The summed E-state index contributed by atoms with van der Waals surface area (Å²) in [5, 5.41) is 3.47. The van der Waals surface area contributed by atoms with Crippen LogP contribution in [0.4, 0.5) is 5.69 Å². The molecule has 0 aliphatic rings. The van der Waals surface area contributed by atoms with E-state index in [0.29, 0.717) is 0 Å². The summed E-state index contributed by atoms with van der Waals surface area (Å²) in [5.41, 5.74) is 5.06. The van der Waals surface area contributed by atoms with Crippen molar-refractivity contribution in [3.05, 3.63) is 59.2 Å². The normalized spacial score (nSPS) is 12.0. The van der Waals surface area contributed by atoms with Crippen molar-refractivity contribution in [1.82, 2.24) is 0 Å². The molecule has 2 aromatic rings. The Labute approximate surface area is 128 Å². The van der Waals surface area contributed by atoms with Crippen LogP contribution >= 0.6 is 0 Å². The van der Waals surface area contributed by atoms with E-state index in [1.54, 1.807) is 0 Å². The zero-order valence-electron chi connectivity index (χ0n) is 13.4. The summed E-state index contributed by atoms with van der Waals surface area (Å²) in [4.78, 5) is 0. The van der Waals surface area contributed by atoms with Gasteiger partial charge in [0, 0.05) is 5.69 Å². The van der Waals surface area contributed by atoms with Crippen molar-refractivity contribution in [2.24, 2.45) is 0 Å². The van der Waals surface area contributed by atoms with Gasteiger partial charge in [0.1, 0.15) is 11.9 Å². The molecular formula is C19H25NO. The van der Waals surface area contributed by atoms with E-state index in [4.69, 9.17) is 4.74 Å². The molecule has 2 nitrogen and oxygen atoms in total. The second kappa shape index (κ2) is 7.16. The monoisotopic (exact) mass is 283 g/mol. The van der Waals surface area contributed by atoms with Crippen molar-refractivity contribution in [3.8, 4) is 5.75 Å². The maximum absolute atomic E-state index is 5.94. The summed E-state index contributed by atoms with van der Waals surface area (Å²) >= 11 is 0. The minimum absolute atomic E-state index is 0.123. The Balaban J connectivity index is 1.89. The molecule has 2 aromatic carbocycles. The average molecular weight is 283 g/mol. The van der Waals surface area contributed by atoms with Crippen LogP contribution in [-0.4, -0.2) is 12.6 Å². The van der Waals surface area contributed by atoms with Crippen LogP contribution in [0.3, 0.4) is 0 Å². The van der Waals surface area contributed by atoms with Crippen LogP contribution < -0.4 is 10.1 Å². The third-order valence-electron chi connectivity index (χ3n) is 3.64. The Morgan fingerprint density at radius 2 is 1.76 bits per heavy atom. The highest BCUT2D eigenvalue weighted by molar-refractivity contribution is 5.52. The summed E-state index contributed by atoms with van der Waals surface area (Å²) in [6.45, 7) is 9.27. The van der Waals surface area contributed by atoms with Crippen molar-refractivity contribution in [3.63, 3.8) is 0 Å². The predicted molar refractivity (Wildman–Crippen MR) is 90.3 cm³/mol. The lowest BCUT2D eigenvalue weighted by Gasteiger charge is -2.17. The second-order valence-electron chi connectivity index (χ2n) is 5.63. The molecule has 0 bridgehead atoms. The molecule has 0 aliphatic carbocycles. The van der Waals surface area contributed by atoms with E-state index in [9.17, 15) is 0 Å². The fraction of sp³-hybridized carbons (Fsp3) is 0.368. The number of benzene rings is 2. The number of ether oxygens (including phenoxy) is 1. The van der Waals surface area contributed by atoms with Gasteiger partial charge in [0.15, 0.2) is 0 Å². The lowest BCUT2D eigenvalue weighted by molar-refractivity contribution is 0.234. The minimum Gasteiger partial charge on any atom is -0.489 e. The fourth-order valence-corrected chi connectivity index (χ4v) is 2.26. The molecule has 0 amide bonds. The molecule has 2 heteroatoms. The molecule has 0 heterocycles. The molecule has 112 valence electrons. The Bertz CT molecular complexity index is 575. The van der Waals surface area contributed by atoms with Crippen LogP contribution in [0.5, 0.6) is 5.75 Å². The molecular weight excluding hydrogens is 258 g/mol. The quantitative estimate of drug-likeness (QED) is 0.826. The molecule has 0 spiro atoms. The van der Waals surface area contributed by atoms with Gasteiger partial charge in [-0.15, -0.1) is 0 Å². The first-order chi connectivity index (χ1) is 10.1. The summed E-state index contributed by atoms with van der Waals surface area (Å²) in [5.74, 6) is 0.933. The van der Waals surface area contributed by atoms with Gasteiger partial charge in [-0.1, -0.05) is 31.2 Å². The highest BCUT2D eigenvalue weighted by Gasteiger charge is 2.05. The summed E-state index contributed by atoms with van der Waals surface area (Å²) in [6.07, 6.45) is 1.18. The van der Waals surface area contributed by atoms with Gasteiger partial charge in [-0.05, 0) is 62.1 Å². The third-order valence-corrected chi connectivity index (χ3v) is 3.64. The van der Waals surface area contributed by atoms with Gasteiger partial charge in [-0.2, -0.15) is 0 Å². The summed E-state index contributed by atoms with van der Waals surface area (Å²) < 4.78 is 5.94. The zero-order chi connectivity index (χ0) is 15.2. The second-order valence-corrected chi connectivity index (χ2v) is 5.63. The number of hydrogen-bond acceptors (Lipinski definition) is 2. The van der Waals surface area contributed by atoms with Crippen LogP contribution in [0.1, 0.15) is 30.5 Å². The first kappa shape index (κ1) is 15.4. The minimum atomic E-state index is 0.123. The number of hydrogen-bond donors (Lipinski definition) is 1. The highest BCUT2D eigenvalue weighted by Crippen LogP contribution is 2.18. The van der Waals surface area contributed by atoms with Crippen molar-refractivity contribution >= 4 is 5.69 Å². The summed E-state index contributed by atoms with van der Waals surface area (Å²) in [6, 6.07) is 14.8. The molecule has 0 unspecified atom stereocenters. The standard InChI is InChI=1S/C19H25NO/c1-5-17-8-10-18(11-9-17)21-16(4)13-20-19-12-14(2)6-7-15(19)3/h6-12,16,20H,5,13H2,1-4H3/t16-/m1/s1. The lowest BCUT2D eigenvalue weighted by atomic mass is 10.1. The maximum Gasteiger partial charge on any atom is 0.119 e. The van der Waals surface area contributed by atoms with E-state index in [1.165, 1.54) is 22.4 Å². The first-order valence-electron chi connectivity index (χ1n) is 7.65. The Hall–Kier alpha value is -1.96. The van der Waals surface area contributed by atoms with Gasteiger partial charge >= 0.3 is 0 Å². The molecule has 1 N–H and O–H groups in total. The molecule has 0 radical (unpaired) electrons. The van der Waals surface area contributed by atoms with Gasteiger partial charge in [-0.3, -0.25) is 0 Å². The fourth-order valence-electron chi connectivity index (χ4n) is 2.26. The molecule has 0 saturated heterocycles. The molecule has 0 aromatic heterocycles. The molecule has 2 rings (SSSR count). The number of nitrogens with one attached hydrogen (secondary N) is 1. The van der Waals surface area contributed by atoms with E-state index in [2.05, 4.69) is 63.3 Å². The number of aryl methyl sites for hydroxylation is 3. The van der Waals surface area contributed by atoms with E-state index in [0.717, 1.165) is 18.7 Å². The van der Waals surface area contributed by atoms with Crippen LogP contribution in [-0.2, 0) is 6.42 Å². The number of rotatable bonds is 6. The van der Waals surface area contributed by atoms with E-state index in [1.807, 2.05) is 12.1 Å². The lowest BCUT2D eigenvalue weighted by Crippen LogP contribution is -2.23. The third kappa shape index (κ3) is 4.52. The Morgan fingerprint density at radius 3 is 2.43 bits per heavy atom. The smallest absolute Gasteiger partial charge is 0.119 e. The van der Waals surface area contributed by atoms with Gasteiger partial charge in [0.2, 0.25) is 0 Å². The van der Waals surface area contributed by atoms with Crippen LogP contribution in [0.2, 0.25) is 0 Å². The molecule has 21 heavy (non-hydrogen) atoms. The van der Waals surface area contributed by atoms with E-state index < -0.39 is 0 Å². The van der Waals surface area contributed by atoms with E-state index >= 15 is 0 Å². The Morgan fingerprint density at radius 1 is 1.05 bits per heavy atom. The molecule has 0 saturated carbocycles. The van der Waals surface area contributed by atoms with Crippen LogP contribution in [0.25, 0.3) is 0 Å². The maximum atomic E-state index is 5.94. The van der Waals surface area contributed by atoms with Crippen molar-refractivity contribution < 1.29 is 4.74 Å². The first-order valence-corrected chi connectivity index (χ1v) is 7.65.